The maximum Gasteiger partial charge on any atom is 0.242 e. The average molecular weight is 448 g/mol. The predicted octanol–water partition coefficient (Wildman–Crippen LogP) is 2.63. The fourth-order valence-electron chi connectivity index (χ4n) is 2.43. The molecule has 0 spiro atoms. The molecule has 1 heterocycles. The third kappa shape index (κ3) is 7.71. The molecule has 1 atom stereocenters. The molecule has 1 aromatic heterocycles. The average Bonchev–Trinajstić information content (AvgIpc) is 2.60. The molecule has 3 N–H and O–H groups in total. The van der Waals surface area contributed by atoms with Crippen molar-refractivity contribution in [2.45, 2.75) is 37.2 Å². The molecule has 0 fully saturated rings. The Morgan fingerprint density at radius 3 is 2.48 bits per heavy atom. The smallest absolute Gasteiger partial charge is 0.242 e. The molecule has 0 amide bonds. The number of rotatable bonds is 10. The molecule has 29 heavy (non-hydrogen) atoms. The van der Waals surface area contributed by atoms with E-state index in [-0.39, 0.29) is 41.0 Å². The van der Waals surface area contributed by atoms with Crippen molar-refractivity contribution in [3.63, 3.8) is 0 Å². The van der Waals surface area contributed by atoms with Gasteiger partial charge in [0.1, 0.15) is 0 Å². The van der Waals surface area contributed by atoms with Crippen LogP contribution in [0.1, 0.15) is 25.8 Å². The summed E-state index contributed by atoms with van der Waals surface area (Å²) >= 11 is 0.993. The van der Waals surface area contributed by atoms with Crippen LogP contribution in [-0.2, 0) is 15.8 Å². The fourth-order valence-corrected chi connectivity index (χ4v) is 3.66. The van der Waals surface area contributed by atoms with E-state index in [0.29, 0.717) is 12.3 Å². The van der Waals surface area contributed by atoms with E-state index in [9.17, 15) is 22.3 Å². The summed E-state index contributed by atoms with van der Waals surface area (Å²) in [6.07, 6.45) is 1.59. The van der Waals surface area contributed by atoms with E-state index in [1.807, 2.05) is 13.8 Å². The number of sulfonamides is 1. The third-order valence-electron chi connectivity index (χ3n) is 3.59. The van der Waals surface area contributed by atoms with Gasteiger partial charge in [-0.05, 0) is 18.4 Å². The SMILES string of the molecule is CC(C)C[C@H](CO)Nc1nc(NS(C)(=O)=O)nc(SCc2cccc(F)c2F)n1. The van der Waals surface area contributed by atoms with Gasteiger partial charge < -0.3 is 10.4 Å². The highest BCUT2D eigenvalue weighted by Gasteiger charge is 2.16. The van der Waals surface area contributed by atoms with E-state index in [1.165, 1.54) is 12.1 Å². The molecular weight excluding hydrogens is 424 g/mol. The minimum absolute atomic E-state index is 0.0286. The number of nitrogens with zero attached hydrogens (tertiary/aromatic N) is 3. The number of aliphatic hydroxyl groups is 1. The lowest BCUT2D eigenvalue weighted by molar-refractivity contribution is 0.259. The number of nitrogens with one attached hydrogen (secondary N) is 2. The summed E-state index contributed by atoms with van der Waals surface area (Å²) in [4.78, 5) is 12.2. The minimum Gasteiger partial charge on any atom is -0.394 e. The normalized spacial score (nSPS) is 12.8. The van der Waals surface area contributed by atoms with Gasteiger partial charge in [0.2, 0.25) is 21.9 Å². The number of halogens is 2. The van der Waals surface area contributed by atoms with Gasteiger partial charge in [-0.15, -0.1) is 0 Å². The van der Waals surface area contributed by atoms with Crippen molar-refractivity contribution in [2.75, 3.05) is 22.9 Å². The lowest BCUT2D eigenvalue weighted by Gasteiger charge is -2.18. The highest BCUT2D eigenvalue weighted by atomic mass is 32.2. The molecule has 12 heteroatoms. The zero-order chi connectivity index (χ0) is 21.6. The number of hydrogen-bond donors (Lipinski definition) is 3. The predicted molar refractivity (Wildman–Crippen MR) is 108 cm³/mol. The van der Waals surface area contributed by atoms with E-state index in [1.54, 1.807) is 0 Å². The standard InChI is InChI=1S/C17H23F2N5O3S2/c1-10(2)7-12(8-25)20-15-21-16(24-29(3,26)27)23-17(22-15)28-9-11-5-4-6-13(18)14(11)19/h4-6,10,12,25H,7-9H2,1-3H3,(H2,20,21,22,23,24)/t12-/m1/s1. The van der Waals surface area contributed by atoms with E-state index < -0.39 is 21.7 Å². The van der Waals surface area contributed by atoms with Gasteiger partial charge in [-0.3, -0.25) is 4.72 Å². The Bertz CT molecular complexity index is 945. The number of thioether (sulfide) groups is 1. The summed E-state index contributed by atoms with van der Waals surface area (Å²) in [7, 11) is -3.64. The largest absolute Gasteiger partial charge is 0.394 e. The van der Waals surface area contributed by atoms with Crippen LogP contribution < -0.4 is 10.0 Å². The van der Waals surface area contributed by atoms with E-state index in [4.69, 9.17) is 0 Å². The number of hydrogen-bond acceptors (Lipinski definition) is 8. The van der Waals surface area contributed by atoms with Gasteiger partial charge in [-0.2, -0.15) is 15.0 Å². The van der Waals surface area contributed by atoms with Crippen LogP contribution in [0.15, 0.2) is 23.4 Å². The van der Waals surface area contributed by atoms with Gasteiger partial charge >= 0.3 is 0 Å². The summed E-state index contributed by atoms with van der Waals surface area (Å²) in [5, 5.41) is 12.6. The monoisotopic (exact) mass is 447 g/mol. The summed E-state index contributed by atoms with van der Waals surface area (Å²) in [6.45, 7) is 3.81. The molecule has 2 aromatic rings. The molecule has 0 aliphatic heterocycles. The van der Waals surface area contributed by atoms with Crippen molar-refractivity contribution in [3.05, 3.63) is 35.4 Å². The zero-order valence-corrected chi connectivity index (χ0v) is 17.8. The van der Waals surface area contributed by atoms with Crippen molar-refractivity contribution in [2.24, 2.45) is 5.92 Å². The lowest BCUT2D eigenvalue weighted by atomic mass is 10.0. The highest BCUT2D eigenvalue weighted by Crippen LogP contribution is 2.24. The topological polar surface area (TPSA) is 117 Å². The van der Waals surface area contributed by atoms with Gasteiger partial charge in [0.25, 0.3) is 0 Å². The Balaban J connectivity index is 2.27. The molecule has 0 aliphatic carbocycles. The first-order valence-electron chi connectivity index (χ1n) is 8.74. The second-order valence-corrected chi connectivity index (χ2v) is 9.49. The molecule has 0 saturated carbocycles. The number of aliphatic hydroxyl groups excluding tert-OH is 1. The summed E-state index contributed by atoms with van der Waals surface area (Å²) in [5.41, 5.74) is 0.121. The molecule has 0 saturated heterocycles. The van der Waals surface area contributed by atoms with Gasteiger partial charge in [0.05, 0.1) is 18.9 Å². The first-order valence-corrected chi connectivity index (χ1v) is 11.6. The van der Waals surface area contributed by atoms with E-state index in [0.717, 1.165) is 24.1 Å². The van der Waals surface area contributed by atoms with Gasteiger partial charge in [0.15, 0.2) is 16.8 Å². The molecule has 0 unspecified atom stereocenters. The molecule has 1 aromatic carbocycles. The maximum atomic E-state index is 13.9. The molecule has 0 radical (unpaired) electrons. The van der Waals surface area contributed by atoms with Crippen molar-refractivity contribution < 1.29 is 22.3 Å². The summed E-state index contributed by atoms with van der Waals surface area (Å²) < 4.78 is 52.5. The Morgan fingerprint density at radius 2 is 1.86 bits per heavy atom. The molecule has 2 rings (SSSR count). The molecule has 8 nitrogen and oxygen atoms in total. The van der Waals surface area contributed by atoms with Crippen LogP contribution in [0.25, 0.3) is 0 Å². The second kappa shape index (κ2) is 10.1. The van der Waals surface area contributed by atoms with Crippen LogP contribution >= 0.6 is 11.8 Å². The molecule has 160 valence electrons. The summed E-state index contributed by atoms with van der Waals surface area (Å²) in [5.74, 6) is -1.75. The van der Waals surface area contributed by atoms with Crippen LogP contribution in [-0.4, -0.2) is 47.4 Å². The first kappa shape index (κ1) is 23.2. The minimum atomic E-state index is -3.64. The molecule has 0 bridgehead atoms. The quantitative estimate of drug-likeness (QED) is 0.476. The Hall–Kier alpha value is -2.05. The van der Waals surface area contributed by atoms with Crippen molar-refractivity contribution >= 4 is 33.7 Å². The van der Waals surface area contributed by atoms with Crippen molar-refractivity contribution in [1.82, 2.24) is 15.0 Å². The third-order valence-corrected chi connectivity index (χ3v) is 5.04. The van der Waals surface area contributed by atoms with Crippen LogP contribution in [0.3, 0.4) is 0 Å². The highest BCUT2D eigenvalue weighted by molar-refractivity contribution is 7.98. The maximum absolute atomic E-state index is 13.9. The van der Waals surface area contributed by atoms with Crippen LogP contribution in [0.4, 0.5) is 20.7 Å². The summed E-state index contributed by atoms with van der Waals surface area (Å²) in [6, 6.07) is 3.50. The lowest BCUT2D eigenvalue weighted by Crippen LogP contribution is -2.27. The molecular formula is C17H23F2N5O3S2. The van der Waals surface area contributed by atoms with E-state index >= 15 is 0 Å². The number of aromatic nitrogens is 3. The van der Waals surface area contributed by atoms with Crippen molar-refractivity contribution in [3.8, 4) is 0 Å². The van der Waals surface area contributed by atoms with Gasteiger partial charge in [-0.1, -0.05) is 37.7 Å². The fraction of sp³-hybridized carbons (Fsp3) is 0.471. The first-order chi connectivity index (χ1) is 13.6. The van der Waals surface area contributed by atoms with Crippen LogP contribution in [0, 0.1) is 17.6 Å². The second-order valence-electron chi connectivity index (χ2n) is 6.79. The van der Waals surface area contributed by atoms with Crippen molar-refractivity contribution in [1.29, 1.82) is 0 Å². The van der Waals surface area contributed by atoms with Crippen LogP contribution in [0.5, 0.6) is 0 Å². The zero-order valence-electron chi connectivity index (χ0n) is 16.2. The van der Waals surface area contributed by atoms with Gasteiger partial charge in [-0.25, -0.2) is 17.2 Å². The van der Waals surface area contributed by atoms with Gasteiger partial charge in [0, 0.05) is 11.3 Å². The molecule has 0 aliphatic rings. The Morgan fingerprint density at radius 1 is 1.17 bits per heavy atom. The Kier molecular flexibility index (Phi) is 8.11. The van der Waals surface area contributed by atoms with E-state index in [2.05, 4.69) is 25.0 Å². The number of anilines is 2. The van der Waals surface area contributed by atoms with Crippen LogP contribution in [0.2, 0.25) is 0 Å². The Labute approximate surface area is 172 Å². The number of benzene rings is 1.